The highest BCUT2D eigenvalue weighted by Crippen LogP contribution is 2.26. The molecule has 1 aromatic heterocycles. The van der Waals surface area contributed by atoms with E-state index in [-0.39, 0.29) is 6.04 Å². The van der Waals surface area contributed by atoms with Crippen LogP contribution in [-0.4, -0.2) is 47.4 Å². The Morgan fingerprint density at radius 2 is 2.12 bits per heavy atom. The first-order valence-corrected chi connectivity index (χ1v) is 11.9. The average molecular weight is 350 g/mol. The monoisotopic (exact) mass is 349 g/mol. The van der Waals surface area contributed by atoms with Crippen molar-refractivity contribution in [1.82, 2.24) is 14.5 Å². The van der Waals surface area contributed by atoms with E-state index in [0.29, 0.717) is 6.73 Å². The van der Waals surface area contributed by atoms with Gasteiger partial charge >= 0.3 is 6.09 Å². The minimum atomic E-state index is -1.09. The van der Waals surface area contributed by atoms with Crippen LogP contribution in [-0.2, 0) is 11.5 Å². The number of amides is 1. The molecule has 132 valence electrons. The number of para-hydroxylation sites is 1. The molecule has 24 heavy (non-hydrogen) atoms. The number of ether oxygens (including phenoxy) is 1. The molecule has 0 fully saturated rings. The van der Waals surface area contributed by atoms with Crippen LogP contribution in [0.15, 0.2) is 24.5 Å². The third-order valence-electron chi connectivity index (χ3n) is 4.24. The van der Waals surface area contributed by atoms with Crippen molar-refractivity contribution in [1.29, 1.82) is 0 Å². The van der Waals surface area contributed by atoms with Crippen LogP contribution in [0.2, 0.25) is 25.7 Å². The standard InChI is InChI=1S/C17H27N3O3Si/c1-13(19(2)17(21)22)14-7-6-8-15-16(14)18-11-20(15)12-23-9-10-24(3,4)5/h6-8,11,13H,9-10,12H2,1-5H3,(H,21,22). The summed E-state index contributed by atoms with van der Waals surface area (Å²) < 4.78 is 7.77. The molecular weight excluding hydrogens is 322 g/mol. The Kier molecular flexibility index (Phi) is 5.66. The lowest BCUT2D eigenvalue weighted by atomic mass is 10.1. The fraction of sp³-hybridized carbons (Fsp3) is 0.529. The van der Waals surface area contributed by atoms with Gasteiger partial charge in [0.15, 0.2) is 0 Å². The van der Waals surface area contributed by atoms with E-state index < -0.39 is 14.2 Å². The fourth-order valence-corrected chi connectivity index (χ4v) is 3.22. The van der Waals surface area contributed by atoms with Crippen molar-refractivity contribution >= 4 is 25.2 Å². The molecule has 0 aliphatic heterocycles. The number of hydrogen-bond donors (Lipinski definition) is 1. The average Bonchev–Trinajstić information content (AvgIpc) is 2.92. The minimum absolute atomic E-state index is 0.262. The zero-order valence-electron chi connectivity index (χ0n) is 15.1. The van der Waals surface area contributed by atoms with Gasteiger partial charge in [-0.05, 0) is 19.0 Å². The third-order valence-corrected chi connectivity index (χ3v) is 5.95. The van der Waals surface area contributed by atoms with E-state index in [1.807, 2.05) is 29.7 Å². The third kappa shape index (κ3) is 4.36. The molecule has 0 bridgehead atoms. The van der Waals surface area contributed by atoms with Gasteiger partial charge in [0.25, 0.3) is 0 Å². The number of fused-ring (bicyclic) bond motifs is 1. The van der Waals surface area contributed by atoms with Crippen LogP contribution in [0, 0.1) is 0 Å². The summed E-state index contributed by atoms with van der Waals surface area (Å²) in [7, 11) is 0.481. The molecule has 0 aliphatic carbocycles. The summed E-state index contributed by atoms with van der Waals surface area (Å²) in [6.07, 6.45) is 0.810. The lowest BCUT2D eigenvalue weighted by molar-refractivity contribution is 0.0898. The van der Waals surface area contributed by atoms with E-state index in [1.54, 1.807) is 13.4 Å². The summed E-state index contributed by atoms with van der Waals surface area (Å²) in [5, 5.41) is 9.18. The molecule has 6 nitrogen and oxygen atoms in total. The van der Waals surface area contributed by atoms with E-state index in [0.717, 1.165) is 29.2 Å². The molecule has 0 saturated carbocycles. The van der Waals surface area contributed by atoms with Gasteiger partial charge in [-0.25, -0.2) is 9.78 Å². The van der Waals surface area contributed by atoms with Crippen LogP contribution in [0.25, 0.3) is 11.0 Å². The molecular formula is C17H27N3O3Si. The second kappa shape index (κ2) is 7.35. The number of aromatic nitrogens is 2. The molecule has 7 heteroatoms. The first-order valence-electron chi connectivity index (χ1n) is 8.18. The van der Waals surface area contributed by atoms with E-state index in [9.17, 15) is 9.90 Å². The summed E-state index contributed by atoms with van der Waals surface area (Å²) in [6, 6.07) is 6.72. The maximum Gasteiger partial charge on any atom is 0.407 e. The van der Waals surface area contributed by atoms with Crippen LogP contribution >= 0.6 is 0 Å². The van der Waals surface area contributed by atoms with Gasteiger partial charge < -0.3 is 19.3 Å². The number of carbonyl (C=O) groups is 1. The summed E-state index contributed by atoms with van der Waals surface area (Å²) in [4.78, 5) is 17.0. The number of benzene rings is 1. The van der Waals surface area contributed by atoms with Gasteiger partial charge in [-0.15, -0.1) is 0 Å². The molecule has 2 rings (SSSR count). The molecule has 1 amide bonds. The second-order valence-corrected chi connectivity index (χ2v) is 13.0. The molecule has 1 aromatic carbocycles. The molecule has 0 spiro atoms. The van der Waals surface area contributed by atoms with Crippen molar-refractivity contribution in [3.8, 4) is 0 Å². The van der Waals surface area contributed by atoms with Crippen molar-refractivity contribution in [3.63, 3.8) is 0 Å². The van der Waals surface area contributed by atoms with E-state index >= 15 is 0 Å². The maximum atomic E-state index is 11.2. The van der Waals surface area contributed by atoms with Crippen LogP contribution in [0.3, 0.4) is 0 Å². The Balaban J connectivity index is 2.15. The highest BCUT2D eigenvalue weighted by molar-refractivity contribution is 6.76. The number of imidazole rings is 1. The second-order valence-electron chi connectivity index (χ2n) is 7.35. The minimum Gasteiger partial charge on any atom is -0.465 e. The predicted octanol–water partition coefficient (Wildman–Crippen LogP) is 4.02. The molecule has 1 heterocycles. The Hall–Kier alpha value is -1.86. The smallest absolute Gasteiger partial charge is 0.407 e. The van der Waals surface area contributed by atoms with Crippen molar-refractivity contribution in [2.75, 3.05) is 13.7 Å². The van der Waals surface area contributed by atoms with Crippen LogP contribution < -0.4 is 0 Å². The topological polar surface area (TPSA) is 67.6 Å². The lowest BCUT2D eigenvalue weighted by Crippen LogP contribution is -2.28. The summed E-state index contributed by atoms with van der Waals surface area (Å²) in [5.74, 6) is 0. The summed E-state index contributed by atoms with van der Waals surface area (Å²) in [5.41, 5.74) is 2.69. The van der Waals surface area contributed by atoms with Crippen LogP contribution in [0.1, 0.15) is 18.5 Å². The first kappa shape index (κ1) is 18.5. The molecule has 0 radical (unpaired) electrons. The van der Waals surface area contributed by atoms with Gasteiger partial charge in [0.2, 0.25) is 0 Å². The van der Waals surface area contributed by atoms with Gasteiger partial charge in [0.05, 0.1) is 23.4 Å². The highest BCUT2D eigenvalue weighted by atomic mass is 28.3. The normalized spacial score (nSPS) is 13.2. The van der Waals surface area contributed by atoms with E-state index in [1.165, 1.54) is 4.90 Å². The Bertz CT molecular complexity index is 709. The Morgan fingerprint density at radius 1 is 1.42 bits per heavy atom. The Labute approximate surface area is 144 Å². The number of carboxylic acid groups (broad SMARTS) is 1. The summed E-state index contributed by atoms with van der Waals surface area (Å²) in [6.45, 7) is 10.1. The molecule has 1 atom stereocenters. The van der Waals surface area contributed by atoms with Crippen molar-refractivity contribution in [2.24, 2.45) is 0 Å². The SMILES string of the molecule is CC(c1cccc2c1ncn2COCC[Si](C)(C)C)N(C)C(=O)O. The fourth-order valence-electron chi connectivity index (χ4n) is 2.47. The van der Waals surface area contributed by atoms with Gasteiger partial charge in [-0.2, -0.15) is 0 Å². The van der Waals surface area contributed by atoms with Crippen LogP contribution in [0.4, 0.5) is 4.79 Å². The predicted molar refractivity (Wildman–Crippen MR) is 98.0 cm³/mol. The highest BCUT2D eigenvalue weighted by Gasteiger charge is 2.20. The quantitative estimate of drug-likeness (QED) is 0.605. The molecule has 0 saturated heterocycles. The maximum absolute atomic E-state index is 11.2. The van der Waals surface area contributed by atoms with Gasteiger partial charge in [0.1, 0.15) is 6.73 Å². The van der Waals surface area contributed by atoms with Gasteiger partial charge in [-0.1, -0.05) is 31.8 Å². The van der Waals surface area contributed by atoms with Gasteiger partial charge in [0, 0.05) is 27.3 Å². The largest absolute Gasteiger partial charge is 0.465 e. The number of rotatable bonds is 7. The number of nitrogens with zero attached hydrogens (tertiary/aromatic N) is 3. The molecule has 2 aromatic rings. The molecule has 1 N–H and O–H groups in total. The zero-order chi connectivity index (χ0) is 17.9. The first-order chi connectivity index (χ1) is 11.2. The van der Waals surface area contributed by atoms with E-state index in [4.69, 9.17) is 4.74 Å². The van der Waals surface area contributed by atoms with Crippen LogP contribution in [0.5, 0.6) is 0 Å². The van der Waals surface area contributed by atoms with Crippen molar-refractivity contribution < 1.29 is 14.6 Å². The van der Waals surface area contributed by atoms with Crippen molar-refractivity contribution in [3.05, 3.63) is 30.1 Å². The Morgan fingerprint density at radius 3 is 2.75 bits per heavy atom. The number of hydrogen-bond acceptors (Lipinski definition) is 3. The molecule has 0 aliphatic rings. The van der Waals surface area contributed by atoms with E-state index in [2.05, 4.69) is 24.6 Å². The van der Waals surface area contributed by atoms with Gasteiger partial charge in [-0.3, -0.25) is 0 Å². The summed E-state index contributed by atoms with van der Waals surface area (Å²) >= 11 is 0. The van der Waals surface area contributed by atoms with Crippen molar-refractivity contribution in [2.45, 2.75) is 45.4 Å². The lowest BCUT2D eigenvalue weighted by Gasteiger charge is -2.22. The zero-order valence-corrected chi connectivity index (χ0v) is 16.1. The molecule has 1 unspecified atom stereocenters.